The van der Waals surface area contributed by atoms with Gasteiger partial charge in [0.25, 0.3) is 0 Å². The van der Waals surface area contributed by atoms with E-state index < -0.39 is 17.1 Å². The molecule has 0 aliphatic carbocycles. The van der Waals surface area contributed by atoms with Crippen LogP contribution in [-0.2, 0) is 6.18 Å². The molecule has 0 saturated carbocycles. The molecule has 1 fully saturated rings. The molecule has 1 heterocycles. The first-order valence-corrected chi connectivity index (χ1v) is 9.24. The summed E-state index contributed by atoms with van der Waals surface area (Å²) in [7, 11) is 0. The summed E-state index contributed by atoms with van der Waals surface area (Å²) in [6, 6.07) is 10.6. The van der Waals surface area contributed by atoms with E-state index in [4.69, 9.17) is 0 Å². The number of hydrogen-bond donors (Lipinski definition) is 1. The van der Waals surface area contributed by atoms with Crippen LogP contribution in [0, 0.1) is 13.8 Å². The van der Waals surface area contributed by atoms with Crippen molar-refractivity contribution in [1.29, 1.82) is 0 Å². The quantitative estimate of drug-likeness (QED) is 0.735. The highest BCUT2D eigenvalue weighted by atomic mass is 32.2. The van der Waals surface area contributed by atoms with E-state index in [0.717, 1.165) is 23.3 Å². The van der Waals surface area contributed by atoms with E-state index in [-0.39, 0.29) is 6.03 Å². The number of rotatable bonds is 2. The van der Waals surface area contributed by atoms with Gasteiger partial charge in [0, 0.05) is 18.0 Å². The van der Waals surface area contributed by atoms with E-state index in [1.165, 1.54) is 17.8 Å². The Morgan fingerprint density at radius 3 is 2.65 bits per heavy atom. The average molecular weight is 380 g/mol. The molecule has 2 aromatic carbocycles. The van der Waals surface area contributed by atoms with Crippen LogP contribution in [0.1, 0.15) is 27.6 Å². The van der Waals surface area contributed by atoms with Gasteiger partial charge in [-0.3, -0.25) is 0 Å². The maximum atomic E-state index is 13.0. The molecule has 0 aromatic heterocycles. The lowest BCUT2D eigenvalue weighted by Crippen LogP contribution is -2.34. The molecule has 2 amide bonds. The lowest BCUT2D eigenvalue weighted by molar-refractivity contribution is -0.137. The molecule has 1 N–H and O–H groups in total. The fourth-order valence-corrected chi connectivity index (χ4v) is 4.21. The third kappa shape index (κ3) is 3.98. The van der Waals surface area contributed by atoms with E-state index in [2.05, 4.69) is 5.32 Å². The second-order valence-electron chi connectivity index (χ2n) is 6.29. The molecule has 0 radical (unpaired) electrons. The second kappa shape index (κ2) is 7.23. The highest BCUT2D eigenvalue weighted by Crippen LogP contribution is 2.40. The normalized spacial score (nSPS) is 17.4. The summed E-state index contributed by atoms with van der Waals surface area (Å²) in [5.41, 5.74) is 2.54. The van der Waals surface area contributed by atoms with E-state index >= 15 is 0 Å². The Hall–Kier alpha value is -2.15. The molecule has 7 heteroatoms. The predicted octanol–water partition coefficient (Wildman–Crippen LogP) is 5.60. The molecule has 3 nitrogen and oxygen atoms in total. The first-order chi connectivity index (χ1) is 12.3. The fourth-order valence-electron chi connectivity index (χ4n) is 2.96. The number of carbonyl (C=O) groups is 1. The highest BCUT2D eigenvalue weighted by molar-refractivity contribution is 7.99. The number of hydrogen-bond acceptors (Lipinski definition) is 2. The molecule has 0 spiro atoms. The van der Waals surface area contributed by atoms with Gasteiger partial charge < -0.3 is 10.2 Å². The molecule has 1 unspecified atom stereocenters. The lowest BCUT2D eigenvalue weighted by Gasteiger charge is -2.25. The van der Waals surface area contributed by atoms with Crippen molar-refractivity contribution in [3.8, 4) is 0 Å². The Bertz CT molecular complexity index is 823. The van der Waals surface area contributed by atoms with Gasteiger partial charge in [-0.25, -0.2) is 4.79 Å². The largest absolute Gasteiger partial charge is 0.416 e. The second-order valence-corrected chi connectivity index (χ2v) is 7.48. The number of urea groups is 1. The molecular formula is C19H19F3N2OS. The number of benzene rings is 2. The zero-order chi connectivity index (χ0) is 18.9. The smallest absolute Gasteiger partial charge is 0.308 e. The summed E-state index contributed by atoms with van der Waals surface area (Å²) >= 11 is 1.47. The van der Waals surface area contributed by atoms with E-state index in [0.29, 0.717) is 23.5 Å². The molecule has 3 rings (SSSR count). The molecule has 1 atom stereocenters. The SMILES string of the molecule is Cc1ccc(NC(=O)N2CCSC2c2cccc(C(F)(F)F)c2)c(C)c1. The summed E-state index contributed by atoms with van der Waals surface area (Å²) in [5.74, 6) is 0.682. The van der Waals surface area contributed by atoms with Gasteiger partial charge in [-0.15, -0.1) is 11.8 Å². The van der Waals surface area contributed by atoms with Crippen molar-refractivity contribution in [3.05, 3.63) is 64.7 Å². The Labute approximate surface area is 154 Å². The Balaban J connectivity index is 1.81. The number of anilines is 1. The van der Waals surface area contributed by atoms with E-state index in [1.54, 1.807) is 11.0 Å². The summed E-state index contributed by atoms with van der Waals surface area (Å²) < 4.78 is 38.9. The molecule has 26 heavy (non-hydrogen) atoms. The molecule has 1 aliphatic rings. The van der Waals surface area contributed by atoms with Gasteiger partial charge in [0.2, 0.25) is 0 Å². The third-order valence-electron chi connectivity index (χ3n) is 4.27. The minimum Gasteiger partial charge on any atom is -0.308 e. The lowest BCUT2D eigenvalue weighted by atomic mass is 10.1. The number of thioether (sulfide) groups is 1. The summed E-state index contributed by atoms with van der Waals surface area (Å²) in [5, 5.41) is 2.45. The van der Waals surface area contributed by atoms with Crippen molar-refractivity contribution < 1.29 is 18.0 Å². The number of nitrogens with one attached hydrogen (secondary N) is 1. The molecule has 2 aromatic rings. The van der Waals surface area contributed by atoms with Gasteiger partial charge in [0.15, 0.2) is 0 Å². The maximum absolute atomic E-state index is 13.0. The van der Waals surface area contributed by atoms with Gasteiger partial charge in [-0.1, -0.05) is 29.8 Å². The van der Waals surface area contributed by atoms with Crippen LogP contribution in [0.2, 0.25) is 0 Å². The number of amides is 2. The van der Waals surface area contributed by atoms with E-state index in [1.807, 2.05) is 32.0 Å². The van der Waals surface area contributed by atoms with Crippen molar-refractivity contribution in [2.75, 3.05) is 17.6 Å². The van der Waals surface area contributed by atoms with Crippen molar-refractivity contribution in [2.24, 2.45) is 0 Å². The number of aryl methyl sites for hydroxylation is 2. The maximum Gasteiger partial charge on any atom is 0.416 e. The van der Waals surface area contributed by atoms with Gasteiger partial charge in [0.05, 0.1) is 5.56 Å². The van der Waals surface area contributed by atoms with Crippen LogP contribution >= 0.6 is 11.8 Å². The number of nitrogens with zero attached hydrogens (tertiary/aromatic N) is 1. The third-order valence-corrected chi connectivity index (χ3v) is 5.54. The number of alkyl halides is 3. The van der Waals surface area contributed by atoms with Gasteiger partial charge in [0.1, 0.15) is 5.37 Å². The first-order valence-electron chi connectivity index (χ1n) is 8.19. The molecule has 138 valence electrons. The first kappa shape index (κ1) is 18.6. The standard InChI is InChI=1S/C19H19F3N2OS/c1-12-6-7-16(13(2)10-12)23-18(25)24-8-9-26-17(24)14-4-3-5-15(11-14)19(20,21)22/h3-7,10-11,17H,8-9H2,1-2H3,(H,23,25). The minimum atomic E-state index is -4.40. The summed E-state index contributed by atoms with van der Waals surface area (Å²) in [6.07, 6.45) is -4.40. The minimum absolute atomic E-state index is 0.302. The van der Waals surface area contributed by atoms with Gasteiger partial charge in [-0.05, 0) is 43.2 Å². The zero-order valence-corrected chi connectivity index (χ0v) is 15.2. The number of halogens is 3. The average Bonchev–Trinajstić information content (AvgIpc) is 3.06. The van der Waals surface area contributed by atoms with Crippen molar-refractivity contribution in [3.63, 3.8) is 0 Å². The Morgan fingerprint density at radius 1 is 1.19 bits per heavy atom. The Morgan fingerprint density at radius 2 is 1.96 bits per heavy atom. The molecule has 1 aliphatic heterocycles. The Kier molecular flexibility index (Phi) is 5.18. The van der Waals surface area contributed by atoms with Crippen LogP contribution in [0.4, 0.5) is 23.7 Å². The van der Waals surface area contributed by atoms with E-state index in [9.17, 15) is 18.0 Å². The van der Waals surface area contributed by atoms with Crippen molar-refractivity contribution >= 4 is 23.5 Å². The van der Waals surface area contributed by atoms with Crippen LogP contribution in [0.15, 0.2) is 42.5 Å². The molecular weight excluding hydrogens is 361 g/mol. The number of carbonyl (C=O) groups excluding carboxylic acids is 1. The predicted molar refractivity (Wildman–Crippen MR) is 98.3 cm³/mol. The van der Waals surface area contributed by atoms with Crippen LogP contribution in [-0.4, -0.2) is 23.2 Å². The molecule has 1 saturated heterocycles. The zero-order valence-electron chi connectivity index (χ0n) is 14.4. The van der Waals surface area contributed by atoms with Crippen LogP contribution < -0.4 is 5.32 Å². The van der Waals surface area contributed by atoms with Crippen LogP contribution in [0.25, 0.3) is 0 Å². The molecule has 0 bridgehead atoms. The monoisotopic (exact) mass is 380 g/mol. The van der Waals surface area contributed by atoms with Crippen molar-refractivity contribution in [1.82, 2.24) is 4.90 Å². The van der Waals surface area contributed by atoms with Gasteiger partial charge >= 0.3 is 12.2 Å². The van der Waals surface area contributed by atoms with Crippen molar-refractivity contribution in [2.45, 2.75) is 25.4 Å². The van der Waals surface area contributed by atoms with Gasteiger partial charge in [-0.2, -0.15) is 13.2 Å². The van der Waals surface area contributed by atoms with Crippen LogP contribution in [0.5, 0.6) is 0 Å². The highest BCUT2D eigenvalue weighted by Gasteiger charge is 2.34. The van der Waals surface area contributed by atoms with Crippen LogP contribution in [0.3, 0.4) is 0 Å². The topological polar surface area (TPSA) is 32.3 Å². The summed E-state index contributed by atoms with van der Waals surface area (Å²) in [4.78, 5) is 14.3. The fraction of sp³-hybridized carbons (Fsp3) is 0.316. The summed E-state index contributed by atoms with van der Waals surface area (Å²) in [6.45, 7) is 4.37.